The first-order chi connectivity index (χ1) is 8.02. The number of carbonyl (C=O) groups is 1. The molecule has 5 nitrogen and oxygen atoms in total. The van der Waals surface area contributed by atoms with Crippen molar-refractivity contribution in [1.29, 1.82) is 0 Å². The van der Waals surface area contributed by atoms with Gasteiger partial charge in [0, 0.05) is 12.2 Å². The van der Waals surface area contributed by atoms with E-state index < -0.39 is 24.6 Å². The molecule has 1 aromatic rings. The number of benzene rings is 1. The number of aliphatic hydroxyl groups is 2. The van der Waals surface area contributed by atoms with Crippen LogP contribution in [0.15, 0.2) is 18.2 Å². The van der Waals surface area contributed by atoms with Gasteiger partial charge in [-0.1, -0.05) is 11.6 Å². The quantitative estimate of drug-likeness (QED) is 0.652. The first-order valence-corrected chi connectivity index (χ1v) is 5.19. The Balaban J connectivity index is 2.48. The Kier molecular flexibility index (Phi) is 5.14. The van der Waals surface area contributed by atoms with Crippen molar-refractivity contribution in [1.82, 2.24) is 5.32 Å². The molecule has 0 aliphatic heterocycles. The highest BCUT2D eigenvalue weighted by Crippen LogP contribution is 2.18. The van der Waals surface area contributed by atoms with Crippen molar-refractivity contribution in [2.24, 2.45) is 0 Å². The van der Waals surface area contributed by atoms with Gasteiger partial charge in [0.15, 0.2) is 0 Å². The normalized spacial score (nSPS) is 12.0. The molecular weight excluding hydrogens is 251 g/mol. The molecule has 0 saturated heterocycles. The molecule has 0 fully saturated rings. The Morgan fingerprint density at radius 2 is 2.24 bits per heavy atom. The molecule has 0 aliphatic rings. The summed E-state index contributed by atoms with van der Waals surface area (Å²) in [6.45, 7) is -0.547. The van der Waals surface area contributed by atoms with E-state index in [0.29, 0.717) is 0 Å². The number of aliphatic hydroxyl groups excluding tert-OH is 2. The molecule has 2 amide bonds. The predicted molar refractivity (Wildman–Crippen MR) is 61.5 cm³/mol. The first kappa shape index (κ1) is 13.7. The van der Waals surface area contributed by atoms with Crippen LogP contribution in [0, 0.1) is 5.82 Å². The van der Waals surface area contributed by atoms with Crippen LogP contribution in [-0.4, -0.2) is 35.5 Å². The maximum Gasteiger partial charge on any atom is 0.319 e. The van der Waals surface area contributed by atoms with Gasteiger partial charge in [-0.05, 0) is 18.2 Å². The van der Waals surface area contributed by atoms with E-state index in [1.807, 2.05) is 0 Å². The van der Waals surface area contributed by atoms with Gasteiger partial charge >= 0.3 is 6.03 Å². The molecule has 1 atom stereocenters. The van der Waals surface area contributed by atoms with E-state index in [2.05, 4.69) is 10.6 Å². The van der Waals surface area contributed by atoms with Crippen LogP contribution in [0.1, 0.15) is 0 Å². The third kappa shape index (κ3) is 4.56. The molecule has 0 spiro atoms. The molecule has 4 N–H and O–H groups in total. The number of halogens is 2. The number of hydrogen-bond acceptors (Lipinski definition) is 3. The maximum atomic E-state index is 13.0. The van der Waals surface area contributed by atoms with E-state index in [9.17, 15) is 9.18 Å². The van der Waals surface area contributed by atoms with Gasteiger partial charge < -0.3 is 20.8 Å². The smallest absolute Gasteiger partial charge is 0.319 e. The number of amides is 2. The van der Waals surface area contributed by atoms with Crippen molar-refractivity contribution in [2.75, 3.05) is 18.5 Å². The first-order valence-electron chi connectivity index (χ1n) is 4.81. The summed E-state index contributed by atoms with van der Waals surface area (Å²) in [7, 11) is 0. The number of rotatable bonds is 4. The summed E-state index contributed by atoms with van der Waals surface area (Å²) < 4.78 is 13.0. The summed E-state index contributed by atoms with van der Waals surface area (Å²) in [5.41, 5.74) is 0.239. The van der Waals surface area contributed by atoms with Gasteiger partial charge in [0.2, 0.25) is 0 Å². The standard InChI is InChI=1S/C10H12ClFN2O3/c11-8-2-1-6(3-9(8)12)14-10(17)13-4-7(16)5-15/h1-3,7,15-16H,4-5H2,(H2,13,14,17). The number of nitrogens with one attached hydrogen (secondary N) is 2. The van der Waals surface area contributed by atoms with Gasteiger partial charge in [0.25, 0.3) is 0 Å². The lowest BCUT2D eigenvalue weighted by Gasteiger charge is -2.10. The molecule has 7 heteroatoms. The van der Waals surface area contributed by atoms with E-state index >= 15 is 0 Å². The molecule has 1 rings (SSSR count). The van der Waals surface area contributed by atoms with Crippen LogP contribution in [0.5, 0.6) is 0 Å². The minimum Gasteiger partial charge on any atom is -0.394 e. The summed E-state index contributed by atoms with van der Waals surface area (Å²) in [6, 6.07) is 3.21. The van der Waals surface area contributed by atoms with Crippen molar-refractivity contribution in [3.8, 4) is 0 Å². The highest BCUT2D eigenvalue weighted by Gasteiger charge is 2.07. The Hall–Kier alpha value is -1.37. The van der Waals surface area contributed by atoms with Gasteiger partial charge in [-0.3, -0.25) is 0 Å². The van der Waals surface area contributed by atoms with Gasteiger partial charge in [0.05, 0.1) is 17.7 Å². The van der Waals surface area contributed by atoms with Crippen LogP contribution in [0.25, 0.3) is 0 Å². The molecule has 17 heavy (non-hydrogen) atoms. The van der Waals surface area contributed by atoms with E-state index in [4.69, 9.17) is 21.8 Å². The van der Waals surface area contributed by atoms with Crippen molar-refractivity contribution < 1.29 is 19.4 Å². The van der Waals surface area contributed by atoms with E-state index in [0.717, 1.165) is 6.07 Å². The van der Waals surface area contributed by atoms with E-state index in [-0.39, 0.29) is 17.3 Å². The van der Waals surface area contributed by atoms with Crippen LogP contribution >= 0.6 is 11.6 Å². The SMILES string of the molecule is O=C(NCC(O)CO)Nc1ccc(Cl)c(F)c1. The van der Waals surface area contributed by atoms with Crippen LogP contribution in [0.2, 0.25) is 5.02 Å². The molecule has 0 saturated carbocycles. The second kappa shape index (κ2) is 6.39. The van der Waals surface area contributed by atoms with Gasteiger partial charge in [-0.2, -0.15) is 0 Å². The van der Waals surface area contributed by atoms with Crippen LogP contribution in [0.3, 0.4) is 0 Å². The van der Waals surface area contributed by atoms with Gasteiger partial charge in [0.1, 0.15) is 5.82 Å². The predicted octanol–water partition coefficient (Wildman–Crippen LogP) is 0.954. The minimum absolute atomic E-state index is 0.0355. The lowest BCUT2D eigenvalue weighted by Crippen LogP contribution is -2.36. The Morgan fingerprint density at radius 1 is 1.53 bits per heavy atom. The monoisotopic (exact) mass is 262 g/mol. The summed E-state index contributed by atoms with van der Waals surface area (Å²) >= 11 is 5.47. The highest BCUT2D eigenvalue weighted by atomic mass is 35.5. The van der Waals surface area contributed by atoms with E-state index in [1.54, 1.807) is 0 Å². The molecule has 94 valence electrons. The molecule has 0 aromatic heterocycles. The average molecular weight is 263 g/mol. The number of carbonyl (C=O) groups excluding carboxylic acids is 1. The summed E-state index contributed by atoms with van der Waals surface area (Å²) in [4.78, 5) is 11.3. The fraction of sp³-hybridized carbons (Fsp3) is 0.300. The van der Waals surface area contributed by atoms with Crippen molar-refractivity contribution >= 4 is 23.3 Å². The second-order valence-corrected chi connectivity index (χ2v) is 3.71. The molecule has 1 unspecified atom stereocenters. The lowest BCUT2D eigenvalue weighted by atomic mass is 10.3. The number of anilines is 1. The van der Waals surface area contributed by atoms with Crippen LogP contribution < -0.4 is 10.6 Å². The zero-order chi connectivity index (χ0) is 12.8. The zero-order valence-corrected chi connectivity index (χ0v) is 9.54. The van der Waals surface area contributed by atoms with Crippen molar-refractivity contribution in [2.45, 2.75) is 6.10 Å². The Bertz CT molecular complexity index is 403. The van der Waals surface area contributed by atoms with E-state index in [1.165, 1.54) is 12.1 Å². The summed E-state index contributed by atoms with van der Waals surface area (Å²) in [6.07, 6.45) is -1.03. The molecule has 0 bridgehead atoms. The Morgan fingerprint density at radius 3 is 2.82 bits per heavy atom. The number of hydrogen-bond donors (Lipinski definition) is 4. The summed E-state index contributed by atoms with van der Waals surface area (Å²) in [5, 5.41) is 22.1. The molecule has 1 aromatic carbocycles. The molecule has 0 aliphatic carbocycles. The lowest BCUT2D eigenvalue weighted by molar-refractivity contribution is 0.0965. The topological polar surface area (TPSA) is 81.6 Å². The van der Waals surface area contributed by atoms with Gasteiger partial charge in [-0.15, -0.1) is 0 Å². The average Bonchev–Trinajstić information content (AvgIpc) is 2.31. The molecule has 0 radical (unpaired) electrons. The second-order valence-electron chi connectivity index (χ2n) is 3.30. The zero-order valence-electron chi connectivity index (χ0n) is 8.78. The maximum absolute atomic E-state index is 13.0. The fourth-order valence-corrected chi connectivity index (χ4v) is 1.14. The summed E-state index contributed by atoms with van der Waals surface area (Å²) in [5.74, 6) is -0.639. The molecular formula is C10H12ClFN2O3. The largest absolute Gasteiger partial charge is 0.394 e. The van der Waals surface area contributed by atoms with Crippen LogP contribution in [-0.2, 0) is 0 Å². The molecule has 0 heterocycles. The highest BCUT2D eigenvalue weighted by molar-refractivity contribution is 6.30. The minimum atomic E-state index is -1.03. The van der Waals surface area contributed by atoms with Crippen LogP contribution in [0.4, 0.5) is 14.9 Å². The Labute approximate surface area is 102 Å². The van der Waals surface area contributed by atoms with Crippen molar-refractivity contribution in [3.05, 3.63) is 29.0 Å². The third-order valence-electron chi connectivity index (χ3n) is 1.89. The fourth-order valence-electron chi connectivity index (χ4n) is 1.02. The number of urea groups is 1. The van der Waals surface area contributed by atoms with Gasteiger partial charge in [-0.25, -0.2) is 9.18 Å². The van der Waals surface area contributed by atoms with Crippen molar-refractivity contribution in [3.63, 3.8) is 0 Å². The third-order valence-corrected chi connectivity index (χ3v) is 2.19.